The summed E-state index contributed by atoms with van der Waals surface area (Å²) >= 11 is 0. The lowest BCUT2D eigenvalue weighted by Crippen LogP contribution is -2.07. The first-order chi connectivity index (χ1) is 32.3. The van der Waals surface area contributed by atoms with E-state index in [0.29, 0.717) is 17.6 Å². The molecule has 312 valence electrons. The van der Waals surface area contributed by atoms with E-state index in [1.54, 1.807) is 0 Å². The van der Waals surface area contributed by atoms with Crippen molar-refractivity contribution >= 4 is 75.9 Å². The van der Waals surface area contributed by atoms with E-state index < -0.39 is 0 Å². The lowest BCUT2D eigenvalue weighted by molar-refractivity contribution is 0.952. The minimum atomic E-state index is 0.586. The van der Waals surface area contributed by atoms with Crippen LogP contribution >= 0.6 is 0 Å². The predicted molar refractivity (Wildman–Crippen MR) is 276 cm³/mol. The third-order valence-corrected chi connectivity index (χ3v) is 13.4. The molecule has 0 aliphatic carbocycles. The zero-order chi connectivity index (χ0) is 44.2. The Morgan fingerprint density at radius 2 is 0.864 bits per heavy atom. The summed E-state index contributed by atoms with van der Waals surface area (Å²) in [5, 5.41) is 12.1. The van der Waals surface area contributed by atoms with Crippen molar-refractivity contribution < 1.29 is 0 Å². The molecule has 0 fully saturated rings. The van der Waals surface area contributed by atoms with E-state index >= 15 is 0 Å². The summed E-state index contributed by atoms with van der Waals surface area (Å²) in [4.78, 5) is 15.9. The summed E-state index contributed by atoms with van der Waals surface area (Å²) in [6.45, 7) is 8.51. The second kappa shape index (κ2) is 14.6. The average molecular weight is 846 g/mol. The molecule has 0 spiro atoms. The van der Waals surface area contributed by atoms with Crippen molar-refractivity contribution in [2.45, 2.75) is 27.7 Å². The van der Waals surface area contributed by atoms with Gasteiger partial charge in [-0.15, -0.1) is 0 Å². The van der Waals surface area contributed by atoms with Gasteiger partial charge in [0.25, 0.3) is 0 Å². The van der Waals surface area contributed by atoms with E-state index in [0.717, 1.165) is 38.8 Å². The van der Waals surface area contributed by atoms with Crippen LogP contribution in [0.4, 0.5) is 0 Å². The van der Waals surface area contributed by atoms with Gasteiger partial charge in [0, 0.05) is 38.4 Å². The maximum atomic E-state index is 5.35. The molecule has 0 radical (unpaired) electrons. The molecule has 5 heteroatoms. The first-order valence-electron chi connectivity index (χ1n) is 22.7. The first-order valence-corrected chi connectivity index (χ1v) is 22.7. The molecule has 66 heavy (non-hydrogen) atoms. The fourth-order valence-electron chi connectivity index (χ4n) is 10.8. The molecule has 0 atom stereocenters. The average Bonchev–Trinajstić information content (AvgIpc) is 3.86. The fourth-order valence-corrected chi connectivity index (χ4v) is 10.8. The monoisotopic (exact) mass is 845 g/mol. The molecule has 0 unspecified atom stereocenters. The second-order valence-electron chi connectivity index (χ2n) is 18.0. The van der Waals surface area contributed by atoms with Gasteiger partial charge in [0.05, 0.1) is 22.1 Å². The fraction of sp³-hybridized carbons (Fsp3) is 0.0656. The van der Waals surface area contributed by atoms with Crippen LogP contribution in [0.25, 0.3) is 121 Å². The maximum absolute atomic E-state index is 5.35. The Kier molecular flexibility index (Phi) is 8.40. The van der Waals surface area contributed by atoms with Crippen LogP contribution in [0.15, 0.2) is 188 Å². The summed E-state index contributed by atoms with van der Waals surface area (Å²) in [6.07, 6.45) is 0. The molecule has 0 saturated heterocycles. The number of para-hydroxylation sites is 1. The Bertz CT molecular complexity index is 4060. The van der Waals surface area contributed by atoms with Crippen molar-refractivity contribution in [3.8, 4) is 45.5 Å². The SMILES string of the molecule is Cc1cc(C)cc(-c2nc(-c3cc(C)cc(C)c3)nc(-n3c4ccc(-c5cc6c(c7ccccc57)c5ccccc5n6-c5ccc6ccccc6c5)cc4c4c5ccccc5ccc43)n2)c1. The summed E-state index contributed by atoms with van der Waals surface area (Å²) in [5.74, 6) is 1.88. The van der Waals surface area contributed by atoms with Crippen LogP contribution in [0, 0.1) is 27.7 Å². The van der Waals surface area contributed by atoms with Crippen molar-refractivity contribution in [3.05, 3.63) is 210 Å². The number of hydrogen-bond donors (Lipinski definition) is 0. The van der Waals surface area contributed by atoms with Gasteiger partial charge in [0.1, 0.15) is 0 Å². The summed E-state index contributed by atoms with van der Waals surface area (Å²) < 4.78 is 4.70. The van der Waals surface area contributed by atoms with Crippen molar-refractivity contribution in [1.29, 1.82) is 0 Å². The van der Waals surface area contributed by atoms with Gasteiger partial charge in [-0.2, -0.15) is 9.97 Å². The Labute approximate surface area is 381 Å². The molecule has 3 heterocycles. The molecule has 13 rings (SSSR count). The van der Waals surface area contributed by atoms with Gasteiger partial charge in [-0.3, -0.25) is 4.57 Å². The van der Waals surface area contributed by atoms with Crippen LogP contribution in [0.2, 0.25) is 0 Å². The highest BCUT2D eigenvalue weighted by atomic mass is 15.2. The number of fused-ring (bicyclic) bond motifs is 11. The first kappa shape index (κ1) is 38.1. The van der Waals surface area contributed by atoms with Gasteiger partial charge in [-0.05, 0) is 138 Å². The number of benzene rings is 10. The zero-order valence-electron chi connectivity index (χ0n) is 37.1. The van der Waals surface area contributed by atoms with E-state index in [-0.39, 0.29) is 0 Å². The lowest BCUT2D eigenvalue weighted by Gasteiger charge is -2.14. The van der Waals surface area contributed by atoms with Gasteiger partial charge < -0.3 is 4.57 Å². The van der Waals surface area contributed by atoms with E-state index in [1.807, 2.05) is 0 Å². The number of rotatable bonds is 5. The van der Waals surface area contributed by atoms with Crippen LogP contribution in [-0.2, 0) is 0 Å². The molecular formula is C61H43N5. The summed E-state index contributed by atoms with van der Waals surface area (Å²) in [7, 11) is 0. The maximum Gasteiger partial charge on any atom is 0.238 e. The molecular weight excluding hydrogens is 803 g/mol. The minimum Gasteiger partial charge on any atom is -0.309 e. The molecule has 3 aromatic heterocycles. The lowest BCUT2D eigenvalue weighted by atomic mass is 9.93. The van der Waals surface area contributed by atoms with Crippen LogP contribution in [0.1, 0.15) is 22.3 Å². The Morgan fingerprint density at radius 3 is 1.58 bits per heavy atom. The van der Waals surface area contributed by atoms with Gasteiger partial charge in [-0.25, -0.2) is 4.98 Å². The van der Waals surface area contributed by atoms with Crippen LogP contribution in [-0.4, -0.2) is 24.1 Å². The highest BCUT2D eigenvalue weighted by Gasteiger charge is 2.23. The zero-order valence-corrected chi connectivity index (χ0v) is 37.1. The minimum absolute atomic E-state index is 0.586. The van der Waals surface area contributed by atoms with Crippen molar-refractivity contribution in [1.82, 2.24) is 24.1 Å². The second-order valence-corrected chi connectivity index (χ2v) is 18.0. The predicted octanol–water partition coefficient (Wildman–Crippen LogP) is 15.8. The highest BCUT2D eigenvalue weighted by Crippen LogP contribution is 2.44. The number of hydrogen-bond acceptors (Lipinski definition) is 3. The molecule has 0 bridgehead atoms. The molecule has 0 saturated carbocycles. The molecule has 0 N–H and O–H groups in total. The van der Waals surface area contributed by atoms with E-state index in [2.05, 4.69) is 225 Å². The Morgan fingerprint density at radius 1 is 0.318 bits per heavy atom. The summed E-state index contributed by atoms with van der Waals surface area (Å²) in [5.41, 5.74) is 14.5. The van der Waals surface area contributed by atoms with Crippen LogP contribution < -0.4 is 0 Å². The number of aryl methyl sites for hydroxylation is 4. The topological polar surface area (TPSA) is 48.5 Å². The van der Waals surface area contributed by atoms with Crippen LogP contribution in [0.5, 0.6) is 0 Å². The molecule has 5 nitrogen and oxygen atoms in total. The third kappa shape index (κ3) is 5.97. The standard InChI is InChI=1S/C61H43N5/c1-36-27-37(2)30-44(29-36)59-62-60(45-31-38(3)28-39(4)32-45)64-61(63-59)66-54-25-23-43(34-52(54)57-47-16-8-7-14-41(47)22-26-55(57)66)51-35-56-58(49-18-10-9-17-48(49)51)50-19-11-12-20-53(50)65(56)46-24-21-40-13-5-6-15-42(40)33-46/h5-35H,1-4H3. The summed E-state index contributed by atoms with van der Waals surface area (Å²) in [6, 6.07) is 68.8. The van der Waals surface area contributed by atoms with Crippen LogP contribution in [0.3, 0.4) is 0 Å². The van der Waals surface area contributed by atoms with Crippen molar-refractivity contribution in [3.63, 3.8) is 0 Å². The Hall–Kier alpha value is -8.41. The number of aromatic nitrogens is 5. The molecule has 0 amide bonds. The third-order valence-electron chi connectivity index (χ3n) is 13.4. The normalized spacial score (nSPS) is 11.9. The van der Waals surface area contributed by atoms with Gasteiger partial charge in [0.15, 0.2) is 11.6 Å². The number of nitrogens with zero attached hydrogens (tertiary/aromatic N) is 5. The Balaban J connectivity index is 1.10. The smallest absolute Gasteiger partial charge is 0.238 e. The van der Waals surface area contributed by atoms with Gasteiger partial charge in [0.2, 0.25) is 5.95 Å². The molecule has 10 aromatic carbocycles. The quantitative estimate of drug-likeness (QED) is 0.173. The van der Waals surface area contributed by atoms with E-state index in [1.165, 1.54) is 87.3 Å². The highest BCUT2D eigenvalue weighted by molar-refractivity contribution is 6.26. The van der Waals surface area contributed by atoms with Gasteiger partial charge in [-0.1, -0.05) is 144 Å². The van der Waals surface area contributed by atoms with Crippen molar-refractivity contribution in [2.24, 2.45) is 0 Å². The molecule has 13 aromatic rings. The largest absolute Gasteiger partial charge is 0.309 e. The van der Waals surface area contributed by atoms with E-state index in [9.17, 15) is 0 Å². The molecule has 0 aliphatic rings. The van der Waals surface area contributed by atoms with Gasteiger partial charge >= 0.3 is 0 Å². The van der Waals surface area contributed by atoms with Crippen molar-refractivity contribution in [2.75, 3.05) is 0 Å². The van der Waals surface area contributed by atoms with E-state index in [4.69, 9.17) is 15.0 Å². The molecule has 0 aliphatic heterocycles.